The molecule has 2 fully saturated rings. The van der Waals surface area contributed by atoms with Crippen LogP contribution in [-0.2, 0) is 15.7 Å². The molecule has 0 bridgehead atoms. The van der Waals surface area contributed by atoms with E-state index in [0.717, 1.165) is 17.7 Å². The standard InChI is InChI=1S/C28H24F5IN2O2/c1-15(18-8-20(28(31,32)33)13-22(34)9-18)38-24-14-36-23(27(24)16-2-4-21(29)5-3-16)10-19(12-26(36)37)17-6-7-35-25(30)11-17/h2-9,11,13,15,19,23-24,27H,10,12,14H2,1H3/t15-,19?,23+,24+,27?/m1/s1. The van der Waals surface area contributed by atoms with Crippen LogP contribution < -0.4 is 0 Å². The molecule has 5 rings (SSSR count). The van der Waals surface area contributed by atoms with Crippen LogP contribution >= 0.6 is 22.6 Å². The fourth-order valence-electron chi connectivity index (χ4n) is 5.67. The molecule has 2 saturated heterocycles. The van der Waals surface area contributed by atoms with Crippen LogP contribution in [-0.4, -0.2) is 34.5 Å². The van der Waals surface area contributed by atoms with E-state index in [-0.39, 0.29) is 36.8 Å². The Balaban J connectivity index is 1.47. The number of pyridine rings is 1. The van der Waals surface area contributed by atoms with Crippen molar-refractivity contribution in [2.24, 2.45) is 0 Å². The first-order chi connectivity index (χ1) is 18.0. The van der Waals surface area contributed by atoms with Gasteiger partial charge in [-0.3, -0.25) is 4.79 Å². The van der Waals surface area contributed by atoms with Gasteiger partial charge in [0, 0.05) is 34.7 Å². The summed E-state index contributed by atoms with van der Waals surface area (Å²) in [5.41, 5.74) is 1.07. The van der Waals surface area contributed by atoms with E-state index >= 15 is 0 Å². The second-order valence-electron chi connectivity index (χ2n) is 9.83. The van der Waals surface area contributed by atoms with Crippen LogP contribution in [0.25, 0.3) is 0 Å². The maximum absolute atomic E-state index is 13.8. The molecule has 200 valence electrons. The number of carbonyl (C=O) groups excluding carboxylic acids is 1. The zero-order chi connectivity index (χ0) is 27.2. The lowest BCUT2D eigenvalue weighted by Gasteiger charge is -2.37. The third kappa shape index (κ3) is 5.56. The number of benzene rings is 2. The Morgan fingerprint density at radius 2 is 1.79 bits per heavy atom. The number of rotatable bonds is 5. The lowest BCUT2D eigenvalue weighted by Crippen LogP contribution is -2.43. The van der Waals surface area contributed by atoms with Crippen molar-refractivity contribution < 1.29 is 31.5 Å². The Hall–Kier alpha value is -2.60. The van der Waals surface area contributed by atoms with E-state index in [1.54, 1.807) is 36.1 Å². The number of hydrogen-bond acceptors (Lipinski definition) is 3. The van der Waals surface area contributed by atoms with Crippen LogP contribution in [0.2, 0.25) is 0 Å². The summed E-state index contributed by atoms with van der Waals surface area (Å²) in [6.45, 7) is 1.94. The highest BCUT2D eigenvalue weighted by molar-refractivity contribution is 14.1. The third-order valence-corrected chi connectivity index (χ3v) is 8.05. The van der Waals surface area contributed by atoms with Crippen LogP contribution in [0.1, 0.15) is 60.0 Å². The zero-order valence-electron chi connectivity index (χ0n) is 20.3. The first kappa shape index (κ1) is 27.0. The number of ether oxygens (including phenoxy) is 1. The van der Waals surface area contributed by atoms with Gasteiger partial charge in [0.25, 0.3) is 0 Å². The summed E-state index contributed by atoms with van der Waals surface area (Å²) in [5.74, 6) is -1.71. The van der Waals surface area contributed by atoms with Gasteiger partial charge in [0.15, 0.2) is 0 Å². The van der Waals surface area contributed by atoms with E-state index in [1.165, 1.54) is 24.4 Å². The van der Waals surface area contributed by atoms with Crippen molar-refractivity contribution in [1.82, 2.24) is 9.88 Å². The van der Waals surface area contributed by atoms with Crippen molar-refractivity contribution in [2.45, 2.75) is 56.0 Å². The smallest absolute Gasteiger partial charge is 0.368 e. The number of aromatic nitrogens is 1. The fraction of sp³-hybridized carbons (Fsp3) is 0.357. The summed E-state index contributed by atoms with van der Waals surface area (Å²) in [7, 11) is 0. The molecule has 0 radical (unpaired) electrons. The molecule has 3 heterocycles. The van der Waals surface area contributed by atoms with Crippen molar-refractivity contribution >= 4 is 28.5 Å². The van der Waals surface area contributed by atoms with Crippen LogP contribution in [0.4, 0.5) is 22.0 Å². The second-order valence-corrected chi connectivity index (χ2v) is 11.1. The lowest BCUT2D eigenvalue weighted by atomic mass is 9.79. The summed E-state index contributed by atoms with van der Waals surface area (Å²) in [6, 6.07) is 12.5. The molecule has 0 N–H and O–H groups in total. The highest BCUT2D eigenvalue weighted by Gasteiger charge is 2.49. The van der Waals surface area contributed by atoms with Gasteiger partial charge in [0.2, 0.25) is 11.9 Å². The number of halogens is 6. The predicted molar refractivity (Wildman–Crippen MR) is 138 cm³/mol. The second kappa shape index (κ2) is 10.5. The topological polar surface area (TPSA) is 42.4 Å². The van der Waals surface area contributed by atoms with E-state index in [4.69, 9.17) is 4.74 Å². The minimum atomic E-state index is -4.49. The van der Waals surface area contributed by atoms with Crippen molar-refractivity contribution in [3.8, 4) is 0 Å². The largest absolute Gasteiger partial charge is 0.416 e. The van der Waals surface area contributed by atoms with Gasteiger partial charge in [-0.05, 0) is 101 Å². The Morgan fingerprint density at radius 1 is 1.05 bits per heavy atom. The van der Waals surface area contributed by atoms with Crippen molar-refractivity contribution in [3.63, 3.8) is 0 Å². The molecule has 1 amide bonds. The Kier molecular flexibility index (Phi) is 7.47. The van der Waals surface area contributed by atoms with Gasteiger partial charge in [-0.2, -0.15) is 17.6 Å². The van der Waals surface area contributed by atoms with Gasteiger partial charge in [-0.15, -0.1) is 0 Å². The fourth-order valence-corrected chi connectivity index (χ4v) is 6.37. The van der Waals surface area contributed by atoms with Crippen molar-refractivity contribution in [1.29, 1.82) is 0 Å². The molecule has 0 aliphatic carbocycles. The van der Waals surface area contributed by atoms with Crippen molar-refractivity contribution in [2.75, 3.05) is 6.54 Å². The molecule has 2 unspecified atom stereocenters. The van der Waals surface area contributed by atoms with Crippen molar-refractivity contribution in [3.05, 3.63) is 98.4 Å². The summed E-state index contributed by atoms with van der Waals surface area (Å²) < 4.78 is 74.7. The average molecular weight is 642 g/mol. The molecule has 2 aromatic carbocycles. The molecule has 10 heteroatoms. The Labute approximate surface area is 230 Å². The first-order valence-electron chi connectivity index (χ1n) is 12.2. The maximum atomic E-state index is 13.8. The molecular formula is C28H24F5IN2O2. The van der Waals surface area contributed by atoms with Gasteiger partial charge in [-0.1, -0.05) is 12.1 Å². The Morgan fingerprint density at radius 3 is 2.47 bits per heavy atom. The number of hydrogen-bond donors (Lipinski definition) is 0. The molecule has 1 aromatic heterocycles. The molecule has 0 spiro atoms. The maximum Gasteiger partial charge on any atom is 0.416 e. The summed E-state index contributed by atoms with van der Waals surface area (Å²) in [4.78, 5) is 18.6. The highest BCUT2D eigenvalue weighted by Crippen LogP contribution is 2.46. The number of fused-ring (bicyclic) bond motifs is 1. The van der Waals surface area contributed by atoms with Crippen LogP contribution in [0, 0.1) is 15.3 Å². The van der Waals surface area contributed by atoms with E-state index in [1.807, 2.05) is 22.6 Å². The molecule has 3 aromatic rings. The van der Waals surface area contributed by atoms with E-state index < -0.39 is 35.7 Å². The minimum Gasteiger partial charge on any atom is -0.368 e. The number of alkyl halides is 3. The van der Waals surface area contributed by atoms with Gasteiger partial charge in [-0.25, -0.2) is 9.37 Å². The highest BCUT2D eigenvalue weighted by atomic mass is 127. The number of nitrogens with zero attached hydrogens (tertiary/aromatic N) is 2. The van der Waals surface area contributed by atoms with Gasteiger partial charge >= 0.3 is 6.18 Å². The van der Waals surface area contributed by atoms with E-state index in [2.05, 4.69) is 4.98 Å². The lowest BCUT2D eigenvalue weighted by molar-refractivity contribution is -0.138. The number of piperidine rings is 1. The van der Waals surface area contributed by atoms with Gasteiger partial charge in [0.05, 0.1) is 17.8 Å². The SMILES string of the molecule is C[C@@H](O[C@H]1CN2C(=O)CC(c3ccnc(F)c3)C[C@H]2C1c1ccc(F)cc1)c1cc(I)cc(C(F)(F)F)c1. The summed E-state index contributed by atoms with van der Waals surface area (Å²) in [5, 5.41) is 0. The number of carbonyl (C=O) groups is 1. The van der Waals surface area contributed by atoms with Gasteiger partial charge < -0.3 is 9.64 Å². The normalized spacial score (nSPS) is 24.4. The van der Waals surface area contributed by atoms with Crippen LogP contribution in [0.3, 0.4) is 0 Å². The quantitative estimate of drug-likeness (QED) is 0.171. The molecule has 2 aliphatic heterocycles. The minimum absolute atomic E-state index is 0.108. The van der Waals surface area contributed by atoms with Gasteiger partial charge in [0.1, 0.15) is 5.82 Å². The number of amides is 1. The molecule has 2 aliphatic rings. The molecular weight excluding hydrogens is 618 g/mol. The van der Waals surface area contributed by atoms with Crippen LogP contribution in [0.5, 0.6) is 0 Å². The predicted octanol–water partition coefficient (Wildman–Crippen LogP) is 7.00. The van der Waals surface area contributed by atoms with E-state index in [0.29, 0.717) is 21.1 Å². The molecule has 5 atom stereocenters. The third-order valence-electron chi connectivity index (χ3n) is 7.43. The first-order valence-corrected chi connectivity index (χ1v) is 13.3. The van der Waals surface area contributed by atoms with Crippen LogP contribution in [0.15, 0.2) is 60.8 Å². The monoisotopic (exact) mass is 642 g/mol. The Bertz CT molecular complexity index is 1330. The molecule has 0 saturated carbocycles. The average Bonchev–Trinajstić information content (AvgIpc) is 3.22. The molecule has 4 nitrogen and oxygen atoms in total. The van der Waals surface area contributed by atoms with E-state index in [9.17, 15) is 26.7 Å². The zero-order valence-corrected chi connectivity index (χ0v) is 22.4. The summed E-state index contributed by atoms with van der Waals surface area (Å²) >= 11 is 1.85. The summed E-state index contributed by atoms with van der Waals surface area (Å²) in [6.07, 6.45) is -3.62. The molecule has 38 heavy (non-hydrogen) atoms.